The van der Waals surface area contributed by atoms with Gasteiger partial charge < -0.3 is 0 Å². The van der Waals surface area contributed by atoms with Crippen molar-refractivity contribution in [1.29, 1.82) is 0 Å². The summed E-state index contributed by atoms with van der Waals surface area (Å²) < 4.78 is 10.6. The first-order valence-electron chi connectivity index (χ1n) is 11.2. The van der Waals surface area contributed by atoms with Gasteiger partial charge in [0.05, 0.1) is 10.9 Å². The lowest BCUT2D eigenvalue weighted by Gasteiger charge is -2.34. The molecule has 0 atom stereocenters. The van der Waals surface area contributed by atoms with E-state index >= 15 is 0 Å². The van der Waals surface area contributed by atoms with Crippen molar-refractivity contribution in [2.45, 2.75) is 66.2 Å². The van der Waals surface area contributed by atoms with E-state index in [1.165, 1.54) is 64.3 Å². The van der Waals surface area contributed by atoms with Crippen LogP contribution in [0.2, 0.25) is 0 Å². The van der Waals surface area contributed by atoms with Gasteiger partial charge in [-0.2, -0.15) is 0 Å². The normalized spacial score (nSPS) is 17.7. The standard InChI is InChI=1S/C27H34N/c1-18-15-19(2)20(3)25(16-18)26-24-8-7-22(17-23(24)11-14-28(26)6)21-9-12-27(4,5)13-10-21/h7-8,11,14-17,21H,9-10,12-13H2,1-6H3/q+1/i14D. The van der Waals surface area contributed by atoms with Crippen LogP contribution in [0.3, 0.4) is 0 Å². The van der Waals surface area contributed by atoms with E-state index in [0.717, 1.165) is 5.69 Å². The van der Waals surface area contributed by atoms with Crippen molar-refractivity contribution in [2.24, 2.45) is 12.5 Å². The van der Waals surface area contributed by atoms with Crippen LogP contribution in [0.4, 0.5) is 0 Å². The van der Waals surface area contributed by atoms with Crippen molar-refractivity contribution in [3.8, 4) is 11.3 Å². The van der Waals surface area contributed by atoms with E-state index in [2.05, 4.69) is 65.0 Å². The fraction of sp³-hybridized carbons (Fsp3) is 0.444. The van der Waals surface area contributed by atoms with Gasteiger partial charge in [-0.1, -0.05) is 37.6 Å². The van der Waals surface area contributed by atoms with Crippen LogP contribution in [0.1, 0.15) is 69.1 Å². The molecule has 1 heteroatoms. The van der Waals surface area contributed by atoms with Crippen molar-refractivity contribution in [2.75, 3.05) is 0 Å². The Morgan fingerprint density at radius 2 is 1.71 bits per heavy atom. The number of aryl methyl sites for hydroxylation is 2. The third-order valence-electron chi connectivity index (χ3n) is 6.96. The fourth-order valence-corrected chi connectivity index (χ4v) is 4.93. The molecule has 1 heterocycles. The zero-order valence-corrected chi connectivity index (χ0v) is 18.3. The largest absolute Gasteiger partial charge is 0.220 e. The third kappa shape index (κ3) is 3.48. The second-order valence-electron chi connectivity index (χ2n) is 9.72. The molecule has 2 aromatic carbocycles. The van der Waals surface area contributed by atoms with E-state index in [4.69, 9.17) is 1.37 Å². The van der Waals surface area contributed by atoms with E-state index in [9.17, 15) is 0 Å². The Bertz CT molecular complexity index is 1080. The highest BCUT2D eigenvalue weighted by Gasteiger charge is 2.28. The highest BCUT2D eigenvalue weighted by atomic mass is 14.9. The number of hydrogen-bond donors (Lipinski definition) is 0. The van der Waals surface area contributed by atoms with Crippen LogP contribution in [-0.4, -0.2) is 0 Å². The van der Waals surface area contributed by atoms with Gasteiger partial charge in [0.1, 0.15) is 8.42 Å². The second kappa shape index (κ2) is 7.03. The van der Waals surface area contributed by atoms with Crippen LogP contribution >= 0.6 is 0 Å². The molecule has 28 heavy (non-hydrogen) atoms. The lowest BCUT2D eigenvalue weighted by molar-refractivity contribution is -0.659. The van der Waals surface area contributed by atoms with Crippen molar-refractivity contribution in [3.05, 3.63) is 64.8 Å². The quantitative estimate of drug-likeness (QED) is 0.428. The number of pyridine rings is 1. The van der Waals surface area contributed by atoms with Gasteiger partial charge in [-0.05, 0) is 92.0 Å². The van der Waals surface area contributed by atoms with Crippen molar-refractivity contribution < 1.29 is 5.94 Å². The molecular weight excluding hydrogens is 338 g/mol. The van der Waals surface area contributed by atoms with Crippen molar-refractivity contribution in [3.63, 3.8) is 0 Å². The summed E-state index contributed by atoms with van der Waals surface area (Å²) >= 11 is 0. The number of hydrogen-bond acceptors (Lipinski definition) is 0. The molecule has 0 unspecified atom stereocenters. The molecule has 1 nitrogen and oxygen atoms in total. The third-order valence-corrected chi connectivity index (χ3v) is 6.96. The summed E-state index contributed by atoms with van der Waals surface area (Å²) in [6, 6.07) is 13.6. The monoisotopic (exact) mass is 373 g/mol. The van der Waals surface area contributed by atoms with E-state index in [1.807, 2.05) is 17.7 Å². The Morgan fingerprint density at radius 3 is 2.43 bits per heavy atom. The summed E-state index contributed by atoms with van der Waals surface area (Å²) in [4.78, 5) is 0. The van der Waals surface area contributed by atoms with Crippen LogP contribution in [-0.2, 0) is 7.05 Å². The Labute approximate surface area is 171 Å². The van der Waals surface area contributed by atoms with E-state index in [0.29, 0.717) is 17.5 Å². The molecular formula is C27H34N+. The molecule has 0 N–H and O–H groups in total. The molecule has 0 aliphatic heterocycles. The summed E-state index contributed by atoms with van der Waals surface area (Å²) in [5.74, 6) is 0.655. The Balaban J connectivity index is 1.86. The molecule has 1 aromatic heterocycles. The molecule has 0 spiro atoms. The average Bonchev–Trinajstić information content (AvgIpc) is 2.66. The maximum Gasteiger partial charge on any atom is 0.220 e. The fourth-order valence-electron chi connectivity index (χ4n) is 4.93. The predicted molar refractivity (Wildman–Crippen MR) is 120 cm³/mol. The number of fused-ring (bicyclic) bond motifs is 1. The van der Waals surface area contributed by atoms with E-state index < -0.39 is 0 Å². The molecule has 0 saturated heterocycles. The van der Waals surface area contributed by atoms with E-state index in [1.54, 1.807) is 0 Å². The summed E-state index contributed by atoms with van der Waals surface area (Å²) in [7, 11) is 2.02. The molecule has 0 bridgehead atoms. The van der Waals surface area contributed by atoms with Crippen LogP contribution in [0, 0.1) is 26.2 Å². The highest BCUT2D eigenvalue weighted by Crippen LogP contribution is 2.43. The van der Waals surface area contributed by atoms with Crippen LogP contribution in [0.5, 0.6) is 0 Å². The topological polar surface area (TPSA) is 3.88 Å². The van der Waals surface area contributed by atoms with Gasteiger partial charge >= 0.3 is 0 Å². The average molecular weight is 374 g/mol. The van der Waals surface area contributed by atoms with Crippen LogP contribution in [0.25, 0.3) is 22.0 Å². The molecule has 3 aromatic rings. The SMILES string of the molecule is [2H]c1cc2cc(C3CCC(C)(C)CC3)ccc2c(-c2cc(C)cc(C)c2C)[n+]1C. The second-order valence-corrected chi connectivity index (χ2v) is 9.72. The maximum atomic E-state index is 8.60. The number of aromatic nitrogens is 1. The number of rotatable bonds is 2. The van der Waals surface area contributed by atoms with Crippen molar-refractivity contribution in [1.82, 2.24) is 0 Å². The smallest absolute Gasteiger partial charge is 0.200 e. The first-order valence-corrected chi connectivity index (χ1v) is 10.7. The van der Waals surface area contributed by atoms with Gasteiger partial charge in [-0.15, -0.1) is 0 Å². The molecule has 4 rings (SSSR count). The summed E-state index contributed by atoms with van der Waals surface area (Å²) in [6.07, 6.45) is 5.71. The minimum atomic E-state index is 0.489. The van der Waals surface area contributed by atoms with Gasteiger partial charge in [0, 0.05) is 6.07 Å². The van der Waals surface area contributed by atoms with E-state index in [-0.39, 0.29) is 0 Å². The molecule has 1 aliphatic carbocycles. The number of nitrogens with zero attached hydrogens (tertiary/aromatic N) is 1. The first-order chi connectivity index (χ1) is 13.7. The summed E-state index contributed by atoms with van der Waals surface area (Å²) in [5, 5.41) is 2.44. The lowest BCUT2D eigenvalue weighted by Crippen LogP contribution is -2.31. The highest BCUT2D eigenvalue weighted by molar-refractivity contribution is 5.94. The van der Waals surface area contributed by atoms with Gasteiger partial charge in [0.15, 0.2) is 6.17 Å². The molecule has 1 aliphatic rings. The molecule has 146 valence electrons. The maximum absolute atomic E-state index is 8.60. The number of benzene rings is 2. The predicted octanol–water partition coefficient (Wildman–Crippen LogP) is 6.94. The van der Waals surface area contributed by atoms with Gasteiger partial charge in [0.25, 0.3) is 0 Å². The minimum absolute atomic E-state index is 0.489. The summed E-state index contributed by atoms with van der Waals surface area (Å²) in [5.41, 5.74) is 8.23. The minimum Gasteiger partial charge on any atom is -0.200 e. The van der Waals surface area contributed by atoms with Gasteiger partial charge in [-0.3, -0.25) is 0 Å². The Kier molecular flexibility index (Phi) is 4.50. The van der Waals surface area contributed by atoms with Gasteiger partial charge in [0.2, 0.25) is 5.69 Å². The Morgan fingerprint density at radius 1 is 1.00 bits per heavy atom. The first kappa shape index (κ1) is 17.9. The summed E-state index contributed by atoms with van der Waals surface area (Å²) in [6.45, 7) is 11.3. The van der Waals surface area contributed by atoms with Crippen LogP contribution in [0.15, 0.2) is 42.6 Å². The Hall–Kier alpha value is -2.15. The molecule has 1 saturated carbocycles. The molecule has 1 fully saturated rings. The zero-order chi connectivity index (χ0) is 20.9. The van der Waals surface area contributed by atoms with Crippen LogP contribution < -0.4 is 4.57 Å². The van der Waals surface area contributed by atoms with Crippen molar-refractivity contribution >= 4 is 10.8 Å². The van der Waals surface area contributed by atoms with Gasteiger partial charge in [-0.25, -0.2) is 4.57 Å². The zero-order valence-electron chi connectivity index (χ0n) is 19.3. The molecule has 0 radical (unpaired) electrons. The lowest BCUT2D eigenvalue weighted by atomic mass is 9.71. The molecule has 0 amide bonds.